The molecular formula is C14H19ClN2O2. The van der Waals surface area contributed by atoms with Gasteiger partial charge in [0.15, 0.2) is 0 Å². The second-order valence-electron chi connectivity index (χ2n) is 4.72. The molecule has 0 spiro atoms. The Labute approximate surface area is 118 Å². The first-order valence-electron chi connectivity index (χ1n) is 6.54. The van der Waals surface area contributed by atoms with Gasteiger partial charge >= 0.3 is 0 Å². The molecule has 104 valence electrons. The van der Waals surface area contributed by atoms with Crippen LogP contribution in [0.15, 0.2) is 24.3 Å². The van der Waals surface area contributed by atoms with Crippen LogP contribution in [0.2, 0.25) is 5.02 Å². The van der Waals surface area contributed by atoms with Crippen LogP contribution in [0.4, 0.5) is 0 Å². The maximum absolute atomic E-state index is 11.7. The van der Waals surface area contributed by atoms with Gasteiger partial charge in [-0.1, -0.05) is 17.7 Å². The van der Waals surface area contributed by atoms with Crippen molar-refractivity contribution in [2.24, 2.45) is 0 Å². The Bertz CT molecular complexity index is 447. The molecule has 1 aromatic carbocycles. The zero-order chi connectivity index (χ0) is 13.8. The van der Waals surface area contributed by atoms with Crippen LogP contribution >= 0.6 is 11.6 Å². The monoisotopic (exact) mass is 282 g/mol. The fraction of sp³-hybridized carbons (Fsp3) is 0.500. The van der Waals surface area contributed by atoms with E-state index in [9.17, 15) is 4.79 Å². The number of carbonyl (C=O) groups excluding carboxylic acids is 1. The highest BCUT2D eigenvalue weighted by molar-refractivity contribution is 6.30. The molecule has 0 aliphatic carbocycles. The minimum atomic E-state index is -0.0980. The summed E-state index contributed by atoms with van der Waals surface area (Å²) in [7, 11) is 0. The van der Waals surface area contributed by atoms with E-state index in [1.807, 2.05) is 32.0 Å². The van der Waals surface area contributed by atoms with Crippen LogP contribution in [-0.2, 0) is 4.79 Å². The van der Waals surface area contributed by atoms with Crippen molar-refractivity contribution >= 4 is 17.5 Å². The second-order valence-corrected chi connectivity index (χ2v) is 5.16. The number of likely N-dealkylation sites (N-methyl/N-ethyl adjacent to an activating group) is 1. The molecule has 0 bridgehead atoms. The number of halogens is 1. The molecule has 0 saturated carbocycles. The van der Waals surface area contributed by atoms with Crippen molar-refractivity contribution in [3.63, 3.8) is 0 Å². The van der Waals surface area contributed by atoms with Gasteiger partial charge in [0, 0.05) is 24.7 Å². The molecule has 1 aromatic rings. The van der Waals surface area contributed by atoms with Gasteiger partial charge in [0.1, 0.15) is 11.9 Å². The normalized spacial score (nSPS) is 17.6. The number of benzene rings is 1. The van der Waals surface area contributed by atoms with Crippen LogP contribution in [0.25, 0.3) is 0 Å². The number of rotatable bonds is 5. The summed E-state index contributed by atoms with van der Waals surface area (Å²) in [5.74, 6) is 0.853. The molecule has 2 rings (SSSR count). The Morgan fingerprint density at radius 1 is 1.58 bits per heavy atom. The van der Waals surface area contributed by atoms with E-state index in [2.05, 4.69) is 10.2 Å². The number of hydrogen-bond donors (Lipinski definition) is 1. The first-order valence-corrected chi connectivity index (χ1v) is 6.92. The van der Waals surface area contributed by atoms with Crippen molar-refractivity contribution in [2.45, 2.75) is 26.0 Å². The van der Waals surface area contributed by atoms with Crippen molar-refractivity contribution in [2.75, 3.05) is 19.6 Å². The van der Waals surface area contributed by atoms with Gasteiger partial charge in [-0.25, -0.2) is 0 Å². The van der Waals surface area contributed by atoms with Gasteiger partial charge < -0.3 is 10.1 Å². The van der Waals surface area contributed by atoms with Crippen LogP contribution in [0.5, 0.6) is 5.75 Å². The largest absolute Gasteiger partial charge is 0.488 e. The van der Waals surface area contributed by atoms with E-state index >= 15 is 0 Å². The highest BCUT2D eigenvalue weighted by Crippen LogP contribution is 2.22. The number of hydrogen-bond acceptors (Lipinski definition) is 3. The van der Waals surface area contributed by atoms with Crippen LogP contribution < -0.4 is 10.1 Å². The van der Waals surface area contributed by atoms with Gasteiger partial charge in [-0.2, -0.15) is 0 Å². The Hall–Kier alpha value is -1.26. The maximum atomic E-state index is 11.7. The van der Waals surface area contributed by atoms with Crippen LogP contribution in [0.1, 0.15) is 13.8 Å². The fourth-order valence-corrected chi connectivity index (χ4v) is 2.26. The standard InChI is InChI=1S/C14H19ClN2O2/c1-3-16-14(18)10(2)17-8-13(9-17)19-12-6-4-5-11(15)7-12/h4-7,10,13H,3,8-9H2,1-2H3,(H,16,18)/t10-/m1/s1. The SMILES string of the molecule is CCNC(=O)[C@@H](C)N1CC(Oc2cccc(Cl)c2)C1. The highest BCUT2D eigenvalue weighted by atomic mass is 35.5. The number of nitrogens with one attached hydrogen (secondary N) is 1. The molecule has 0 unspecified atom stereocenters. The van der Waals surface area contributed by atoms with E-state index in [1.54, 1.807) is 6.07 Å². The molecular weight excluding hydrogens is 264 g/mol. The lowest BCUT2D eigenvalue weighted by Crippen LogP contribution is -2.60. The summed E-state index contributed by atoms with van der Waals surface area (Å²) in [5, 5.41) is 3.50. The second kappa shape index (κ2) is 6.26. The molecule has 1 N–H and O–H groups in total. The van der Waals surface area contributed by atoms with E-state index < -0.39 is 0 Å². The van der Waals surface area contributed by atoms with E-state index in [-0.39, 0.29) is 18.1 Å². The Kier molecular flexibility index (Phi) is 4.66. The summed E-state index contributed by atoms with van der Waals surface area (Å²) in [4.78, 5) is 13.8. The number of ether oxygens (including phenoxy) is 1. The summed E-state index contributed by atoms with van der Waals surface area (Å²) < 4.78 is 5.79. The third-order valence-electron chi connectivity index (χ3n) is 3.25. The van der Waals surface area contributed by atoms with Crippen molar-refractivity contribution in [1.82, 2.24) is 10.2 Å². The van der Waals surface area contributed by atoms with Crippen LogP contribution in [-0.4, -0.2) is 42.6 Å². The quantitative estimate of drug-likeness (QED) is 0.897. The average Bonchev–Trinajstić information content (AvgIpc) is 2.33. The molecule has 1 heterocycles. The summed E-state index contributed by atoms with van der Waals surface area (Å²) in [6.07, 6.45) is 0.135. The van der Waals surface area contributed by atoms with E-state index in [4.69, 9.17) is 16.3 Å². The molecule has 19 heavy (non-hydrogen) atoms. The van der Waals surface area contributed by atoms with E-state index in [0.717, 1.165) is 18.8 Å². The lowest BCUT2D eigenvalue weighted by molar-refractivity contribution is -0.129. The zero-order valence-electron chi connectivity index (χ0n) is 11.2. The Morgan fingerprint density at radius 3 is 2.95 bits per heavy atom. The van der Waals surface area contributed by atoms with Gasteiger partial charge in [-0.05, 0) is 32.0 Å². The molecule has 1 saturated heterocycles. The summed E-state index contributed by atoms with van der Waals surface area (Å²) >= 11 is 5.90. The molecule has 0 radical (unpaired) electrons. The van der Waals surface area contributed by atoms with Crippen molar-refractivity contribution in [1.29, 1.82) is 0 Å². The number of nitrogens with zero attached hydrogens (tertiary/aromatic N) is 1. The van der Waals surface area contributed by atoms with Crippen LogP contribution in [0, 0.1) is 0 Å². The molecule has 1 amide bonds. The van der Waals surface area contributed by atoms with Gasteiger partial charge in [0.2, 0.25) is 5.91 Å². The summed E-state index contributed by atoms with van der Waals surface area (Å²) in [6, 6.07) is 7.28. The lowest BCUT2D eigenvalue weighted by atomic mass is 10.1. The third kappa shape index (κ3) is 3.61. The van der Waals surface area contributed by atoms with Gasteiger partial charge in [-0.15, -0.1) is 0 Å². The lowest BCUT2D eigenvalue weighted by Gasteiger charge is -2.42. The molecule has 4 nitrogen and oxygen atoms in total. The highest BCUT2D eigenvalue weighted by Gasteiger charge is 2.34. The Morgan fingerprint density at radius 2 is 2.32 bits per heavy atom. The number of amides is 1. The van der Waals surface area contributed by atoms with E-state index in [0.29, 0.717) is 11.6 Å². The molecule has 1 aliphatic rings. The summed E-state index contributed by atoms with van der Waals surface area (Å²) in [6.45, 7) is 6.04. The minimum absolute atomic E-state index is 0.0729. The fourth-order valence-electron chi connectivity index (χ4n) is 2.08. The predicted octanol–water partition coefficient (Wildman–Crippen LogP) is 1.93. The van der Waals surface area contributed by atoms with Crippen molar-refractivity contribution in [3.8, 4) is 5.75 Å². The molecule has 1 atom stereocenters. The molecule has 5 heteroatoms. The smallest absolute Gasteiger partial charge is 0.237 e. The first-order chi connectivity index (χ1) is 9.10. The van der Waals surface area contributed by atoms with Gasteiger partial charge in [-0.3, -0.25) is 9.69 Å². The van der Waals surface area contributed by atoms with Crippen molar-refractivity contribution < 1.29 is 9.53 Å². The first kappa shape index (κ1) is 14.2. The van der Waals surface area contributed by atoms with Crippen LogP contribution in [0.3, 0.4) is 0 Å². The topological polar surface area (TPSA) is 41.6 Å². The molecule has 0 aromatic heterocycles. The third-order valence-corrected chi connectivity index (χ3v) is 3.49. The average molecular weight is 283 g/mol. The van der Waals surface area contributed by atoms with Crippen molar-refractivity contribution in [3.05, 3.63) is 29.3 Å². The number of carbonyl (C=O) groups is 1. The summed E-state index contributed by atoms with van der Waals surface area (Å²) in [5.41, 5.74) is 0. The molecule has 1 aliphatic heterocycles. The maximum Gasteiger partial charge on any atom is 0.237 e. The van der Waals surface area contributed by atoms with Gasteiger partial charge in [0.25, 0.3) is 0 Å². The number of likely N-dealkylation sites (tertiary alicyclic amines) is 1. The van der Waals surface area contributed by atoms with Gasteiger partial charge in [0.05, 0.1) is 6.04 Å². The molecule has 1 fully saturated rings. The zero-order valence-corrected chi connectivity index (χ0v) is 12.0. The minimum Gasteiger partial charge on any atom is -0.488 e. The van der Waals surface area contributed by atoms with E-state index in [1.165, 1.54) is 0 Å². The predicted molar refractivity (Wildman–Crippen MR) is 75.6 cm³/mol. The Balaban J connectivity index is 1.78.